The largest absolute Gasteiger partial charge is 0.368 e. The quantitative estimate of drug-likeness (QED) is 0.647. The summed E-state index contributed by atoms with van der Waals surface area (Å²) in [6, 6.07) is 0. The van der Waals surface area contributed by atoms with Crippen molar-refractivity contribution in [1.29, 1.82) is 0 Å². The Balaban J connectivity index is 2.15. The van der Waals surface area contributed by atoms with E-state index in [9.17, 15) is 0 Å². The number of imidazole rings is 1. The van der Waals surface area contributed by atoms with Crippen molar-refractivity contribution in [3.63, 3.8) is 0 Å². The van der Waals surface area contributed by atoms with Crippen molar-refractivity contribution in [2.45, 2.75) is 6.92 Å². The molecule has 0 aliphatic heterocycles. The van der Waals surface area contributed by atoms with E-state index in [2.05, 4.69) is 30.0 Å². The fourth-order valence-electron chi connectivity index (χ4n) is 1.48. The van der Waals surface area contributed by atoms with Gasteiger partial charge in [0.2, 0.25) is 11.9 Å². The molecule has 0 saturated carbocycles. The molecule has 0 aliphatic rings. The first kappa shape index (κ1) is 10.3. The molecule has 9 heteroatoms. The third kappa shape index (κ3) is 1.67. The van der Waals surface area contributed by atoms with Crippen LogP contribution in [0.1, 0.15) is 5.82 Å². The Labute approximate surface area is 101 Å². The molecule has 0 spiro atoms. The first-order valence-corrected chi connectivity index (χ1v) is 5.11. The molecular weight excluding hydrogens is 234 g/mol. The molecule has 0 aromatic carbocycles. The van der Waals surface area contributed by atoms with Gasteiger partial charge in [0, 0.05) is 12.4 Å². The minimum atomic E-state index is 0.110. The van der Waals surface area contributed by atoms with E-state index in [0.29, 0.717) is 11.9 Å². The van der Waals surface area contributed by atoms with E-state index in [4.69, 9.17) is 5.73 Å². The summed E-state index contributed by atoms with van der Waals surface area (Å²) in [6.45, 7) is 1.84. The molecule has 0 aliphatic carbocycles. The first-order valence-electron chi connectivity index (χ1n) is 5.11. The number of nitrogens with zero attached hydrogens (tertiary/aromatic N) is 8. The minimum Gasteiger partial charge on any atom is -0.368 e. The van der Waals surface area contributed by atoms with Crippen LogP contribution in [0.4, 0.5) is 5.95 Å². The Hall–Kier alpha value is -2.84. The van der Waals surface area contributed by atoms with E-state index < -0.39 is 0 Å². The van der Waals surface area contributed by atoms with Crippen LogP contribution in [-0.2, 0) is 0 Å². The number of hydrogen-bond donors (Lipinski definition) is 1. The van der Waals surface area contributed by atoms with Gasteiger partial charge in [0.1, 0.15) is 18.5 Å². The Bertz CT molecular complexity index is 669. The normalized spacial score (nSPS) is 10.7. The molecule has 0 atom stereocenters. The van der Waals surface area contributed by atoms with Gasteiger partial charge in [-0.1, -0.05) is 0 Å². The molecule has 90 valence electrons. The maximum Gasteiger partial charge on any atom is 0.258 e. The maximum absolute atomic E-state index is 5.66. The summed E-state index contributed by atoms with van der Waals surface area (Å²) in [6.07, 6.45) is 6.28. The Morgan fingerprint density at radius 2 is 2.00 bits per heavy atom. The zero-order valence-corrected chi connectivity index (χ0v) is 9.46. The SMILES string of the molecule is Cc1nccn1-c1nc(N)nc(-n2cncn2)n1. The lowest BCUT2D eigenvalue weighted by molar-refractivity contribution is 0.771. The van der Waals surface area contributed by atoms with Crippen molar-refractivity contribution >= 4 is 5.95 Å². The molecule has 3 rings (SSSR count). The fourth-order valence-corrected chi connectivity index (χ4v) is 1.48. The number of nitrogen functional groups attached to an aromatic ring is 1. The van der Waals surface area contributed by atoms with E-state index in [1.807, 2.05) is 6.92 Å². The average molecular weight is 243 g/mol. The van der Waals surface area contributed by atoms with Crippen LogP contribution in [0.25, 0.3) is 11.9 Å². The topological polar surface area (TPSA) is 113 Å². The molecule has 0 fully saturated rings. The van der Waals surface area contributed by atoms with Gasteiger partial charge < -0.3 is 5.73 Å². The zero-order chi connectivity index (χ0) is 12.5. The Kier molecular flexibility index (Phi) is 2.22. The molecule has 18 heavy (non-hydrogen) atoms. The highest BCUT2D eigenvalue weighted by atomic mass is 15.4. The molecule has 9 nitrogen and oxygen atoms in total. The van der Waals surface area contributed by atoms with Crippen molar-refractivity contribution < 1.29 is 0 Å². The van der Waals surface area contributed by atoms with Crippen LogP contribution in [0, 0.1) is 6.92 Å². The predicted molar refractivity (Wildman–Crippen MR) is 61.0 cm³/mol. The van der Waals surface area contributed by atoms with Crippen molar-refractivity contribution in [2.75, 3.05) is 5.73 Å². The van der Waals surface area contributed by atoms with Gasteiger partial charge in [0.05, 0.1) is 0 Å². The molecule has 0 bridgehead atoms. The average Bonchev–Trinajstić information content (AvgIpc) is 2.98. The summed E-state index contributed by atoms with van der Waals surface area (Å²) in [5.74, 6) is 1.56. The van der Waals surface area contributed by atoms with Gasteiger partial charge in [-0.05, 0) is 6.92 Å². The lowest BCUT2D eigenvalue weighted by Gasteiger charge is -2.05. The zero-order valence-electron chi connectivity index (χ0n) is 9.46. The molecule has 0 radical (unpaired) electrons. The van der Waals surface area contributed by atoms with Crippen molar-refractivity contribution in [3.05, 3.63) is 30.9 Å². The molecular formula is C9H9N9. The van der Waals surface area contributed by atoms with E-state index in [0.717, 1.165) is 5.82 Å². The van der Waals surface area contributed by atoms with Gasteiger partial charge in [-0.2, -0.15) is 24.7 Å². The van der Waals surface area contributed by atoms with Crippen LogP contribution >= 0.6 is 0 Å². The number of aryl methyl sites for hydroxylation is 1. The second-order valence-corrected chi connectivity index (χ2v) is 3.48. The molecule has 2 N–H and O–H groups in total. The summed E-state index contributed by atoms with van der Waals surface area (Å²) >= 11 is 0. The summed E-state index contributed by atoms with van der Waals surface area (Å²) in [5.41, 5.74) is 5.66. The molecule has 0 amide bonds. The number of nitrogens with two attached hydrogens (primary N) is 1. The summed E-state index contributed by atoms with van der Waals surface area (Å²) in [5, 5.41) is 3.94. The first-order chi connectivity index (χ1) is 8.74. The summed E-state index contributed by atoms with van der Waals surface area (Å²) in [4.78, 5) is 20.3. The fraction of sp³-hybridized carbons (Fsp3) is 0.111. The van der Waals surface area contributed by atoms with Crippen LogP contribution in [0.3, 0.4) is 0 Å². The number of rotatable bonds is 2. The van der Waals surface area contributed by atoms with Crippen LogP contribution in [0.5, 0.6) is 0 Å². The lowest BCUT2D eigenvalue weighted by atomic mass is 10.7. The predicted octanol–water partition coefficient (Wildman–Crippen LogP) is -0.471. The second-order valence-electron chi connectivity index (χ2n) is 3.48. The molecule has 3 heterocycles. The third-order valence-corrected chi connectivity index (χ3v) is 2.29. The van der Waals surface area contributed by atoms with Crippen molar-refractivity contribution in [1.82, 2.24) is 39.3 Å². The van der Waals surface area contributed by atoms with Crippen molar-refractivity contribution in [3.8, 4) is 11.9 Å². The van der Waals surface area contributed by atoms with Gasteiger partial charge >= 0.3 is 0 Å². The van der Waals surface area contributed by atoms with Gasteiger partial charge in [0.15, 0.2) is 0 Å². The number of hydrogen-bond acceptors (Lipinski definition) is 7. The molecule has 0 saturated heterocycles. The van der Waals surface area contributed by atoms with Gasteiger partial charge in [-0.25, -0.2) is 9.97 Å². The van der Waals surface area contributed by atoms with Gasteiger partial charge in [-0.15, -0.1) is 0 Å². The lowest BCUT2D eigenvalue weighted by Crippen LogP contribution is -2.11. The smallest absolute Gasteiger partial charge is 0.258 e. The standard InChI is InChI=1S/C9H9N9/c1-6-12-2-3-17(6)8-14-7(10)15-9(16-8)18-5-11-4-13-18/h2-5H,1H3,(H2,10,14,15,16). The summed E-state index contributed by atoms with van der Waals surface area (Å²) < 4.78 is 3.12. The highest BCUT2D eigenvalue weighted by molar-refractivity contribution is 5.28. The summed E-state index contributed by atoms with van der Waals surface area (Å²) in [7, 11) is 0. The van der Waals surface area contributed by atoms with Crippen molar-refractivity contribution in [2.24, 2.45) is 0 Å². The van der Waals surface area contributed by atoms with Crippen LogP contribution in [0.2, 0.25) is 0 Å². The van der Waals surface area contributed by atoms with Gasteiger partial charge in [0.25, 0.3) is 5.95 Å². The maximum atomic E-state index is 5.66. The molecule has 3 aromatic heterocycles. The van der Waals surface area contributed by atoms with Crippen LogP contribution in [0.15, 0.2) is 25.0 Å². The Morgan fingerprint density at radius 3 is 2.67 bits per heavy atom. The second kappa shape index (κ2) is 3.87. The monoisotopic (exact) mass is 243 g/mol. The van der Waals surface area contributed by atoms with E-state index >= 15 is 0 Å². The molecule has 3 aromatic rings. The van der Waals surface area contributed by atoms with E-state index in [1.54, 1.807) is 17.0 Å². The van der Waals surface area contributed by atoms with Crippen LogP contribution < -0.4 is 5.73 Å². The minimum absolute atomic E-state index is 0.110. The highest BCUT2D eigenvalue weighted by Crippen LogP contribution is 2.08. The third-order valence-electron chi connectivity index (χ3n) is 2.29. The number of anilines is 1. The highest BCUT2D eigenvalue weighted by Gasteiger charge is 2.09. The number of aromatic nitrogens is 8. The Morgan fingerprint density at radius 1 is 1.17 bits per heavy atom. The van der Waals surface area contributed by atoms with E-state index in [-0.39, 0.29) is 5.95 Å². The van der Waals surface area contributed by atoms with E-state index in [1.165, 1.54) is 17.3 Å². The molecule has 0 unspecified atom stereocenters. The van der Waals surface area contributed by atoms with Gasteiger partial charge in [-0.3, -0.25) is 4.57 Å². The van der Waals surface area contributed by atoms with Crippen LogP contribution in [-0.4, -0.2) is 39.3 Å².